The quantitative estimate of drug-likeness (QED) is 0.364. The van der Waals surface area contributed by atoms with Crippen LogP contribution in [-0.2, 0) is 4.79 Å². The molecule has 0 aliphatic carbocycles. The third-order valence-corrected chi connectivity index (χ3v) is 1.35. The molecule has 0 radical (unpaired) electrons. The number of aliphatic hydroxyl groups excluding tert-OH is 2. The second-order valence-corrected chi connectivity index (χ2v) is 2.14. The number of nitrogens with one attached hydrogen (secondary N) is 1. The van der Waals surface area contributed by atoms with E-state index in [9.17, 15) is 4.79 Å². The van der Waals surface area contributed by atoms with Crippen LogP contribution in [0.15, 0.2) is 0 Å². The molecule has 2 atom stereocenters. The Labute approximate surface area is 52.5 Å². The van der Waals surface area contributed by atoms with Gasteiger partial charge in [-0.25, -0.2) is 0 Å². The van der Waals surface area contributed by atoms with E-state index in [1.165, 1.54) is 0 Å². The van der Waals surface area contributed by atoms with E-state index in [-0.39, 0.29) is 18.9 Å². The third-order valence-electron chi connectivity index (χ3n) is 1.35. The molecule has 0 unspecified atom stereocenters. The highest BCUT2D eigenvalue weighted by Gasteiger charge is 2.24. The van der Waals surface area contributed by atoms with E-state index in [2.05, 4.69) is 5.32 Å². The first-order chi connectivity index (χ1) is 4.20. The molecule has 0 spiro atoms. The first-order valence-electron chi connectivity index (χ1n) is 2.83. The van der Waals surface area contributed by atoms with Gasteiger partial charge in [0, 0.05) is 6.54 Å². The van der Waals surface area contributed by atoms with Gasteiger partial charge in [-0.3, -0.25) is 4.79 Å². The molecule has 1 amide bonds. The number of piperidine rings is 1. The molecule has 9 heavy (non-hydrogen) atoms. The molecule has 0 aromatic rings. The monoisotopic (exact) mass is 131 g/mol. The molecule has 1 aliphatic rings. The minimum absolute atomic E-state index is 0.0150. The van der Waals surface area contributed by atoms with Crippen LogP contribution in [0.1, 0.15) is 6.42 Å². The van der Waals surface area contributed by atoms with Crippen LogP contribution in [0.4, 0.5) is 0 Å². The zero-order valence-corrected chi connectivity index (χ0v) is 4.87. The van der Waals surface area contributed by atoms with Crippen molar-refractivity contribution in [3.05, 3.63) is 0 Å². The number of hydrogen-bond acceptors (Lipinski definition) is 3. The average Bonchev–Trinajstić information content (AvgIpc) is 1.80. The molecule has 4 heteroatoms. The molecule has 0 bridgehead atoms. The average molecular weight is 131 g/mol. The lowest BCUT2D eigenvalue weighted by atomic mass is 10.1. The van der Waals surface area contributed by atoms with Crippen LogP contribution in [0.3, 0.4) is 0 Å². The maximum atomic E-state index is 10.4. The molecule has 1 rings (SSSR count). The maximum absolute atomic E-state index is 10.4. The fourth-order valence-corrected chi connectivity index (χ4v) is 0.753. The van der Waals surface area contributed by atoms with Gasteiger partial charge in [0.2, 0.25) is 5.91 Å². The summed E-state index contributed by atoms with van der Waals surface area (Å²) in [5.74, 6) is -0.201. The van der Waals surface area contributed by atoms with Crippen molar-refractivity contribution in [1.82, 2.24) is 5.32 Å². The molecule has 52 valence electrons. The van der Waals surface area contributed by atoms with Gasteiger partial charge >= 0.3 is 0 Å². The number of β-amino-alcohol motifs (C(OH)–C–C–N with tert-alkyl or cyclic N) is 1. The second-order valence-electron chi connectivity index (χ2n) is 2.14. The fourth-order valence-electron chi connectivity index (χ4n) is 0.753. The lowest BCUT2D eigenvalue weighted by molar-refractivity contribution is -0.129. The highest BCUT2D eigenvalue weighted by molar-refractivity contribution is 5.77. The normalized spacial score (nSPS) is 36.0. The van der Waals surface area contributed by atoms with Crippen molar-refractivity contribution >= 4 is 5.91 Å². The van der Waals surface area contributed by atoms with Gasteiger partial charge in [0.05, 0.1) is 18.6 Å². The highest BCUT2D eigenvalue weighted by Crippen LogP contribution is 2.02. The van der Waals surface area contributed by atoms with E-state index in [0.717, 1.165) is 0 Å². The molecule has 0 aromatic heterocycles. The Morgan fingerprint density at radius 2 is 2.11 bits per heavy atom. The van der Waals surface area contributed by atoms with Gasteiger partial charge in [-0.15, -0.1) is 0 Å². The van der Waals surface area contributed by atoms with E-state index in [0.29, 0.717) is 0 Å². The van der Waals surface area contributed by atoms with Crippen molar-refractivity contribution < 1.29 is 15.0 Å². The van der Waals surface area contributed by atoms with E-state index in [1.807, 2.05) is 0 Å². The SMILES string of the molecule is O=C1C[C@@H](O)[C@@H](O)CN1. The molecule has 3 N–H and O–H groups in total. The first-order valence-corrected chi connectivity index (χ1v) is 2.83. The number of carbonyl (C=O) groups excluding carboxylic acids is 1. The summed E-state index contributed by atoms with van der Waals surface area (Å²) >= 11 is 0. The lowest BCUT2D eigenvalue weighted by Gasteiger charge is -2.22. The Balaban J connectivity index is 2.44. The van der Waals surface area contributed by atoms with Crippen LogP contribution in [0, 0.1) is 0 Å². The van der Waals surface area contributed by atoms with E-state index in [1.54, 1.807) is 0 Å². The maximum Gasteiger partial charge on any atom is 0.222 e. The first kappa shape index (κ1) is 6.51. The Bertz CT molecular complexity index is 125. The minimum atomic E-state index is -0.876. The standard InChI is InChI=1S/C5H9NO3/c7-3-1-5(9)6-2-4(3)8/h3-4,7-8H,1-2H2,(H,6,9)/t3-,4+/m1/s1. The summed E-state index contributed by atoms with van der Waals surface area (Å²) in [6.07, 6.45) is -1.65. The Morgan fingerprint density at radius 1 is 1.44 bits per heavy atom. The summed E-state index contributed by atoms with van der Waals surface area (Å²) in [5.41, 5.74) is 0. The topological polar surface area (TPSA) is 69.6 Å². The third kappa shape index (κ3) is 1.40. The Morgan fingerprint density at radius 3 is 2.56 bits per heavy atom. The van der Waals surface area contributed by atoms with Crippen molar-refractivity contribution in [2.45, 2.75) is 18.6 Å². The van der Waals surface area contributed by atoms with Crippen molar-refractivity contribution in [3.63, 3.8) is 0 Å². The summed E-state index contributed by atoms with van der Waals surface area (Å²) < 4.78 is 0. The predicted molar refractivity (Wildman–Crippen MR) is 29.6 cm³/mol. The van der Waals surface area contributed by atoms with Crippen LogP contribution >= 0.6 is 0 Å². The summed E-state index contributed by atoms with van der Waals surface area (Å²) in [6.45, 7) is 0.167. The smallest absolute Gasteiger partial charge is 0.222 e. The summed E-state index contributed by atoms with van der Waals surface area (Å²) in [5, 5.41) is 20.1. The van der Waals surface area contributed by atoms with Gasteiger partial charge in [-0.05, 0) is 0 Å². The van der Waals surface area contributed by atoms with Gasteiger partial charge in [0.1, 0.15) is 0 Å². The number of rotatable bonds is 0. The molecule has 0 saturated carbocycles. The van der Waals surface area contributed by atoms with Gasteiger partial charge < -0.3 is 15.5 Å². The molecule has 4 nitrogen and oxygen atoms in total. The van der Waals surface area contributed by atoms with Crippen molar-refractivity contribution in [2.24, 2.45) is 0 Å². The molecular formula is C5H9NO3. The van der Waals surface area contributed by atoms with E-state index < -0.39 is 12.2 Å². The molecule has 1 heterocycles. The van der Waals surface area contributed by atoms with Crippen LogP contribution in [0.2, 0.25) is 0 Å². The van der Waals surface area contributed by atoms with Crippen molar-refractivity contribution in [1.29, 1.82) is 0 Å². The zero-order chi connectivity index (χ0) is 6.85. The largest absolute Gasteiger partial charge is 0.390 e. The summed E-state index contributed by atoms with van der Waals surface area (Å²) in [7, 11) is 0. The van der Waals surface area contributed by atoms with Crippen molar-refractivity contribution in [3.8, 4) is 0 Å². The minimum Gasteiger partial charge on any atom is -0.390 e. The van der Waals surface area contributed by atoms with Crippen LogP contribution in [0.25, 0.3) is 0 Å². The summed E-state index contributed by atoms with van der Waals surface area (Å²) in [6, 6.07) is 0. The van der Waals surface area contributed by atoms with Gasteiger partial charge in [0.15, 0.2) is 0 Å². The van der Waals surface area contributed by atoms with Crippen LogP contribution in [-0.4, -0.2) is 34.9 Å². The predicted octanol–water partition coefficient (Wildman–Crippen LogP) is -1.77. The van der Waals surface area contributed by atoms with Gasteiger partial charge in [-0.1, -0.05) is 0 Å². The number of aliphatic hydroxyl groups is 2. The van der Waals surface area contributed by atoms with E-state index in [4.69, 9.17) is 10.2 Å². The van der Waals surface area contributed by atoms with Crippen molar-refractivity contribution in [2.75, 3.05) is 6.54 Å². The van der Waals surface area contributed by atoms with Crippen LogP contribution < -0.4 is 5.32 Å². The number of hydrogen-bond donors (Lipinski definition) is 3. The fraction of sp³-hybridized carbons (Fsp3) is 0.800. The molecule has 0 aromatic carbocycles. The molecule has 1 aliphatic heterocycles. The van der Waals surface area contributed by atoms with Gasteiger partial charge in [0.25, 0.3) is 0 Å². The van der Waals surface area contributed by atoms with E-state index >= 15 is 0 Å². The second kappa shape index (κ2) is 2.33. The lowest BCUT2D eigenvalue weighted by Crippen LogP contribution is -2.47. The molecular weight excluding hydrogens is 122 g/mol. The summed E-state index contributed by atoms with van der Waals surface area (Å²) in [4.78, 5) is 10.4. The number of carbonyl (C=O) groups is 1. The molecule has 1 fully saturated rings. The van der Waals surface area contributed by atoms with Crippen LogP contribution in [0.5, 0.6) is 0 Å². The zero-order valence-electron chi connectivity index (χ0n) is 4.87. The number of amides is 1. The highest BCUT2D eigenvalue weighted by atomic mass is 16.3. The molecule has 1 saturated heterocycles. The Hall–Kier alpha value is -0.610. The Kier molecular flexibility index (Phi) is 1.68. The van der Waals surface area contributed by atoms with Gasteiger partial charge in [-0.2, -0.15) is 0 Å².